The third kappa shape index (κ3) is 3.10. The monoisotopic (exact) mass is 243 g/mol. The number of carbonyl (C=O) groups is 1. The van der Waals surface area contributed by atoms with E-state index in [2.05, 4.69) is 18.2 Å². The molecule has 0 radical (unpaired) electrons. The van der Waals surface area contributed by atoms with E-state index in [1.54, 1.807) is 0 Å². The van der Waals surface area contributed by atoms with Crippen LogP contribution < -0.4 is 0 Å². The molecule has 0 aliphatic heterocycles. The summed E-state index contributed by atoms with van der Waals surface area (Å²) in [6, 6.07) is 8.41. The molecule has 0 amide bonds. The van der Waals surface area contributed by atoms with Crippen molar-refractivity contribution in [2.45, 2.75) is 38.5 Å². The number of fused-ring (bicyclic) bond motifs is 1. The van der Waals surface area contributed by atoms with Gasteiger partial charge in [0.25, 0.3) is 0 Å². The molecule has 1 aromatic carbocycles. The van der Waals surface area contributed by atoms with Crippen molar-refractivity contribution in [2.24, 2.45) is 5.92 Å². The highest BCUT2D eigenvalue weighted by atomic mass is 16.4. The summed E-state index contributed by atoms with van der Waals surface area (Å²) in [5.74, 6) is -1.33. The molecule has 18 heavy (non-hydrogen) atoms. The molecule has 0 saturated heterocycles. The van der Waals surface area contributed by atoms with Crippen LogP contribution in [0.1, 0.15) is 36.0 Å². The van der Waals surface area contributed by atoms with Crippen LogP contribution in [0.5, 0.6) is 0 Å². The van der Waals surface area contributed by atoms with Gasteiger partial charge in [0.05, 0.1) is 18.4 Å². The molecule has 1 aromatic rings. The maximum Gasteiger partial charge on any atom is 0.304 e. The normalized spacial score (nSPS) is 15.5. The molecule has 94 valence electrons. The molecule has 3 heteroatoms. The van der Waals surface area contributed by atoms with Crippen molar-refractivity contribution >= 4 is 5.97 Å². The second-order valence-electron chi connectivity index (χ2n) is 4.94. The number of rotatable bonds is 4. The third-order valence-corrected chi connectivity index (χ3v) is 3.50. The first-order chi connectivity index (χ1) is 8.69. The molecule has 3 nitrogen and oxygen atoms in total. The summed E-state index contributed by atoms with van der Waals surface area (Å²) < 4.78 is 0. The first-order valence-electron chi connectivity index (χ1n) is 6.41. The van der Waals surface area contributed by atoms with Crippen molar-refractivity contribution in [3.63, 3.8) is 0 Å². The number of nitriles is 1. The van der Waals surface area contributed by atoms with Crippen LogP contribution in [0.15, 0.2) is 18.2 Å². The summed E-state index contributed by atoms with van der Waals surface area (Å²) in [5.41, 5.74) is 3.88. The van der Waals surface area contributed by atoms with E-state index in [1.807, 2.05) is 6.07 Å². The standard InChI is InChI=1S/C15H17NO2/c16-10-12(9-15(17)18)7-11-5-6-13-3-1-2-4-14(13)8-11/h5-6,8,12H,1-4,7,9H2,(H,17,18). The summed E-state index contributed by atoms with van der Waals surface area (Å²) in [6.45, 7) is 0. The average Bonchev–Trinajstić information content (AvgIpc) is 2.37. The van der Waals surface area contributed by atoms with Crippen molar-refractivity contribution < 1.29 is 9.90 Å². The van der Waals surface area contributed by atoms with Crippen LogP contribution in [0.25, 0.3) is 0 Å². The summed E-state index contributed by atoms with van der Waals surface area (Å²) >= 11 is 0. The van der Waals surface area contributed by atoms with Crippen LogP contribution in [-0.2, 0) is 24.1 Å². The van der Waals surface area contributed by atoms with Crippen LogP contribution in [-0.4, -0.2) is 11.1 Å². The lowest BCUT2D eigenvalue weighted by Gasteiger charge is -2.17. The molecule has 0 fully saturated rings. The van der Waals surface area contributed by atoms with Gasteiger partial charge in [-0.2, -0.15) is 5.26 Å². The number of aliphatic carboxylic acids is 1. The maximum absolute atomic E-state index is 10.6. The van der Waals surface area contributed by atoms with Crippen LogP contribution in [0.4, 0.5) is 0 Å². The Labute approximate surface area is 107 Å². The van der Waals surface area contributed by atoms with Gasteiger partial charge in [-0.3, -0.25) is 4.79 Å². The molecular formula is C15H17NO2. The molecule has 0 bridgehead atoms. The Morgan fingerprint density at radius 3 is 2.72 bits per heavy atom. The molecule has 1 aliphatic carbocycles. The van der Waals surface area contributed by atoms with Gasteiger partial charge in [0.15, 0.2) is 0 Å². The highest BCUT2D eigenvalue weighted by Gasteiger charge is 2.15. The fourth-order valence-electron chi connectivity index (χ4n) is 2.57. The van der Waals surface area contributed by atoms with Crippen LogP contribution >= 0.6 is 0 Å². The van der Waals surface area contributed by atoms with E-state index in [0.717, 1.165) is 18.4 Å². The SMILES string of the molecule is N#CC(CC(=O)O)Cc1ccc2c(c1)CCCC2. The van der Waals surface area contributed by atoms with Gasteiger partial charge in [-0.15, -0.1) is 0 Å². The van der Waals surface area contributed by atoms with Gasteiger partial charge in [-0.25, -0.2) is 0 Å². The van der Waals surface area contributed by atoms with Gasteiger partial charge in [-0.1, -0.05) is 18.2 Å². The Bertz CT molecular complexity index is 488. The van der Waals surface area contributed by atoms with Crippen LogP contribution in [0, 0.1) is 17.2 Å². The smallest absolute Gasteiger partial charge is 0.304 e. The first kappa shape index (κ1) is 12.6. The van der Waals surface area contributed by atoms with Crippen molar-refractivity contribution in [1.29, 1.82) is 5.26 Å². The molecule has 0 saturated carbocycles. The van der Waals surface area contributed by atoms with E-state index < -0.39 is 11.9 Å². The number of hydrogen-bond donors (Lipinski definition) is 1. The second kappa shape index (κ2) is 5.68. The Morgan fingerprint density at radius 1 is 1.33 bits per heavy atom. The van der Waals surface area contributed by atoms with E-state index in [9.17, 15) is 4.79 Å². The van der Waals surface area contributed by atoms with Crippen LogP contribution in [0.3, 0.4) is 0 Å². The minimum absolute atomic E-state index is 0.0758. The van der Waals surface area contributed by atoms with E-state index in [4.69, 9.17) is 10.4 Å². The van der Waals surface area contributed by atoms with Gasteiger partial charge in [0.1, 0.15) is 0 Å². The number of aryl methyl sites for hydroxylation is 2. The molecule has 0 aromatic heterocycles. The van der Waals surface area contributed by atoms with Crippen LogP contribution in [0.2, 0.25) is 0 Å². The van der Waals surface area contributed by atoms with Gasteiger partial charge in [0.2, 0.25) is 0 Å². The van der Waals surface area contributed by atoms with Gasteiger partial charge in [-0.05, 0) is 48.8 Å². The van der Waals surface area contributed by atoms with E-state index in [0.29, 0.717) is 6.42 Å². The van der Waals surface area contributed by atoms with Crippen molar-refractivity contribution in [2.75, 3.05) is 0 Å². The zero-order chi connectivity index (χ0) is 13.0. The fourth-order valence-corrected chi connectivity index (χ4v) is 2.57. The molecule has 2 rings (SSSR count). The lowest BCUT2D eigenvalue weighted by Crippen LogP contribution is -2.10. The molecule has 1 atom stereocenters. The predicted octanol–water partition coefficient (Wildman–Crippen LogP) is 2.72. The minimum atomic E-state index is -0.903. The number of nitrogens with zero attached hydrogens (tertiary/aromatic N) is 1. The first-order valence-corrected chi connectivity index (χ1v) is 6.41. The zero-order valence-electron chi connectivity index (χ0n) is 10.4. The Hall–Kier alpha value is -1.82. The highest BCUT2D eigenvalue weighted by molar-refractivity contribution is 5.67. The number of carboxylic acid groups (broad SMARTS) is 1. The van der Waals surface area contributed by atoms with Gasteiger partial charge >= 0.3 is 5.97 Å². The van der Waals surface area contributed by atoms with Crippen molar-refractivity contribution in [3.05, 3.63) is 34.9 Å². The molecule has 0 spiro atoms. The maximum atomic E-state index is 10.6. The predicted molar refractivity (Wildman–Crippen MR) is 68.1 cm³/mol. The van der Waals surface area contributed by atoms with E-state index >= 15 is 0 Å². The fraction of sp³-hybridized carbons (Fsp3) is 0.467. The molecule has 1 unspecified atom stereocenters. The Kier molecular flexibility index (Phi) is 3.99. The summed E-state index contributed by atoms with van der Waals surface area (Å²) in [7, 11) is 0. The highest BCUT2D eigenvalue weighted by Crippen LogP contribution is 2.23. The largest absolute Gasteiger partial charge is 0.481 e. The number of hydrogen-bond acceptors (Lipinski definition) is 2. The second-order valence-corrected chi connectivity index (χ2v) is 4.94. The Morgan fingerprint density at radius 2 is 2.06 bits per heavy atom. The average molecular weight is 243 g/mol. The minimum Gasteiger partial charge on any atom is -0.481 e. The summed E-state index contributed by atoms with van der Waals surface area (Å²) in [4.78, 5) is 10.6. The molecular weight excluding hydrogens is 226 g/mol. The molecule has 0 heterocycles. The number of benzene rings is 1. The molecule has 1 N–H and O–H groups in total. The van der Waals surface area contributed by atoms with E-state index in [1.165, 1.54) is 24.0 Å². The lowest BCUT2D eigenvalue weighted by molar-refractivity contribution is -0.137. The zero-order valence-corrected chi connectivity index (χ0v) is 10.4. The summed E-state index contributed by atoms with van der Waals surface area (Å²) in [6.07, 6.45) is 5.20. The lowest BCUT2D eigenvalue weighted by atomic mass is 9.88. The van der Waals surface area contributed by atoms with Gasteiger partial charge in [0, 0.05) is 0 Å². The quantitative estimate of drug-likeness (QED) is 0.884. The third-order valence-electron chi connectivity index (χ3n) is 3.50. The Balaban J connectivity index is 2.09. The summed E-state index contributed by atoms with van der Waals surface area (Å²) in [5, 5.41) is 17.7. The molecule has 1 aliphatic rings. The van der Waals surface area contributed by atoms with Gasteiger partial charge < -0.3 is 5.11 Å². The van der Waals surface area contributed by atoms with Crippen molar-refractivity contribution in [1.82, 2.24) is 0 Å². The van der Waals surface area contributed by atoms with Crippen molar-refractivity contribution in [3.8, 4) is 6.07 Å². The number of carboxylic acids is 1. The van der Waals surface area contributed by atoms with E-state index in [-0.39, 0.29) is 6.42 Å². The topological polar surface area (TPSA) is 61.1 Å².